The van der Waals surface area contributed by atoms with Crippen molar-refractivity contribution < 1.29 is 9.90 Å². The number of benzene rings is 1. The number of anilines is 2. The number of nitrogens with zero attached hydrogens (tertiary/aromatic N) is 2. The molecule has 104 valence electrons. The number of hydrogen-bond donors (Lipinski definition) is 2. The molecule has 0 saturated carbocycles. The number of fused-ring (bicyclic) bond motifs is 1. The van der Waals surface area contributed by atoms with Crippen LogP contribution in [-0.4, -0.2) is 21.0 Å². The number of carboxylic acid groups (broad SMARTS) is 1. The second-order valence-electron chi connectivity index (χ2n) is 4.67. The molecular formula is C16H13N3O2. The Morgan fingerprint density at radius 3 is 2.81 bits per heavy atom. The summed E-state index contributed by atoms with van der Waals surface area (Å²) < 4.78 is 0. The van der Waals surface area contributed by atoms with Gasteiger partial charge in [-0.1, -0.05) is 18.2 Å². The molecule has 0 aliphatic heterocycles. The Morgan fingerprint density at radius 2 is 2.00 bits per heavy atom. The van der Waals surface area contributed by atoms with Crippen LogP contribution < -0.4 is 5.32 Å². The fourth-order valence-corrected chi connectivity index (χ4v) is 2.21. The molecule has 0 unspecified atom stereocenters. The summed E-state index contributed by atoms with van der Waals surface area (Å²) in [5, 5.41) is 13.2. The van der Waals surface area contributed by atoms with Crippen molar-refractivity contribution in [2.24, 2.45) is 0 Å². The standard InChI is InChI=1S/C16H13N3O2/c1-10-9-14(18-13-7-3-2-5-11(10)13)19-15-12(16(20)21)6-4-8-17-15/h2-9H,1H3,(H,20,21)(H,17,18,19). The highest BCUT2D eigenvalue weighted by molar-refractivity contribution is 5.94. The number of aromatic carboxylic acids is 1. The molecule has 0 aliphatic carbocycles. The normalized spacial score (nSPS) is 10.5. The van der Waals surface area contributed by atoms with Gasteiger partial charge in [-0.3, -0.25) is 0 Å². The molecule has 5 nitrogen and oxygen atoms in total. The monoisotopic (exact) mass is 279 g/mol. The highest BCUT2D eigenvalue weighted by Gasteiger charge is 2.11. The molecule has 0 amide bonds. The van der Waals surface area contributed by atoms with E-state index in [9.17, 15) is 4.79 Å². The van der Waals surface area contributed by atoms with E-state index in [2.05, 4.69) is 15.3 Å². The first-order valence-corrected chi connectivity index (χ1v) is 6.47. The summed E-state index contributed by atoms with van der Waals surface area (Å²) in [5.74, 6) is -0.164. The lowest BCUT2D eigenvalue weighted by Crippen LogP contribution is -2.05. The van der Waals surface area contributed by atoms with Gasteiger partial charge < -0.3 is 10.4 Å². The van der Waals surface area contributed by atoms with Gasteiger partial charge in [0.2, 0.25) is 0 Å². The molecular weight excluding hydrogens is 266 g/mol. The lowest BCUT2D eigenvalue weighted by Gasteiger charge is -2.10. The Labute approximate surface area is 121 Å². The van der Waals surface area contributed by atoms with Crippen LogP contribution in [0.1, 0.15) is 15.9 Å². The molecule has 0 aliphatic rings. The average Bonchev–Trinajstić information content (AvgIpc) is 2.47. The Morgan fingerprint density at radius 1 is 1.19 bits per heavy atom. The van der Waals surface area contributed by atoms with Crippen LogP contribution in [0.2, 0.25) is 0 Å². The van der Waals surface area contributed by atoms with Crippen LogP contribution in [0.15, 0.2) is 48.7 Å². The van der Waals surface area contributed by atoms with Crippen LogP contribution in [0.4, 0.5) is 11.6 Å². The fourth-order valence-electron chi connectivity index (χ4n) is 2.21. The van der Waals surface area contributed by atoms with Gasteiger partial charge in [-0.15, -0.1) is 0 Å². The molecule has 2 aromatic heterocycles. The number of rotatable bonds is 3. The highest BCUT2D eigenvalue weighted by Crippen LogP contribution is 2.23. The number of carboxylic acids is 1. The molecule has 3 rings (SSSR count). The zero-order chi connectivity index (χ0) is 14.8. The second-order valence-corrected chi connectivity index (χ2v) is 4.67. The lowest BCUT2D eigenvalue weighted by atomic mass is 10.1. The summed E-state index contributed by atoms with van der Waals surface area (Å²) >= 11 is 0. The van der Waals surface area contributed by atoms with Crippen molar-refractivity contribution in [3.05, 3.63) is 59.8 Å². The van der Waals surface area contributed by atoms with E-state index in [-0.39, 0.29) is 11.4 Å². The van der Waals surface area contributed by atoms with Crippen LogP contribution >= 0.6 is 0 Å². The Bertz CT molecular complexity index is 831. The molecule has 0 atom stereocenters. The molecule has 0 fully saturated rings. The van der Waals surface area contributed by atoms with Crippen molar-refractivity contribution >= 4 is 28.5 Å². The van der Waals surface area contributed by atoms with E-state index in [1.165, 1.54) is 6.07 Å². The van der Waals surface area contributed by atoms with E-state index in [0.29, 0.717) is 5.82 Å². The molecule has 3 aromatic rings. The van der Waals surface area contributed by atoms with Gasteiger partial charge in [0.15, 0.2) is 0 Å². The number of pyridine rings is 2. The maximum atomic E-state index is 11.2. The summed E-state index contributed by atoms with van der Waals surface area (Å²) in [7, 11) is 0. The van der Waals surface area contributed by atoms with E-state index < -0.39 is 5.97 Å². The van der Waals surface area contributed by atoms with Crippen LogP contribution in [0.25, 0.3) is 10.9 Å². The van der Waals surface area contributed by atoms with Gasteiger partial charge >= 0.3 is 5.97 Å². The Hall–Kier alpha value is -2.95. The Kier molecular flexibility index (Phi) is 3.23. The smallest absolute Gasteiger partial charge is 0.339 e. The van der Waals surface area contributed by atoms with E-state index in [1.807, 2.05) is 37.3 Å². The van der Waals surface area contributed by atoms with Gasteiger partial charge in [0.05, 0.1) is 5.52 Å². The molecule has 2 heterocycles. The SMILES string of the molecule is Cc1cc(Nc2ncccc2C(=O)O)nc2ccccc12. The minimum Gasteiger partial charge on any atom is -0.478 e. The molecule has 21 heavy (non-hydrogen) atoms. The summed E-state index contributed by atoms with van der Waals surface area (Å²) in [5.41, 5.74) is 2.04. The number of aromatic nitrogens is 2. The highest BCUT2D eigenvalue weighted by atomic mass is 16.4. The van der Waals surface area contributed by atoms with Crippen molar-refractivity contribution in [1.82, 2.24) is 9.97 Å². The van der Waals surface area contributed by atoms with Gasteiger partial charge in [-0.05, 0) is 36.8 Å². The largest absolute Gasteiger partial charge is 0.478 e. The van der Waals surface area contributed by atoms with Crippen molar-refractivity contribution in [1.29, 1.82) is 0 Å². The molecule has 5 heteroatoms. The van der Waals surface area contributed by atoms with Crippen molar-refractivity contribution in [2.75, 3.05) is 5.32 Å². The van der Waals surface area contributed by atoms with E-state index in [4.69, 9.17) is 5.11 Å². The Balaban J connectivity index is 2.05. The van der Waals surface area contributed by atoms with E-state index >= 15 is 0 Å². The quantitative estimate of drug-likeness (QED) is 0.768. The fraction of sp³-hybridized carbons (Fsp3) is 0.0625. The van der Waals surface area contributed by atoms with Crippen molar-refractivity contribution in [3.63, 3.8) is 0 Å². The molecule has 0 spiro atoms. The summed E-state index contributed by atoms with van der Waals surface area (Å²) in [6.07, 6.45) is 1.54. The maximum Gasteiger partial charge on any atom is 0.339 e. The molecule has 1 aromatic carbocycles. The minimum atomic E-state index is -1.02. The topological polar surface area (TPSA) is 75.1 Å². The van der Waals surface area contributed by atoms with Crippen LogP contribution in [0.5, 0.6) is 0 Å². The van der Waals surface area contributed by atoms with Crippen LogP contribution in [-0.2, 0) is 0 Å². The average molecular weight is 279 g/mol. The van der Waals surface area contributed by atoms with E-state index in [0.717, 1.165) is 16.5 Å². The van der Waals surface area contributed by atoms with Crippen molar-refractivity contribution in [3.8, 4) is 0 Å². The zero-order valence-corrected chi connectivity index (χ0v) is 11.4. The van der Waals surface area contributed by atoms with Crippen LogP contribution in [0, 0.1) is 6.92 Å². The predicted molar refractivity (Wildman–Crippen MR) is 81.0 cm³/mol. The third-order valence-electron chi connectivity index (χ3n) is 3.21. The van der Waals surface area contributed by atoms with Gasteiger partial charge in [0.25, 0.3) is 0 Å². The minimum absolute atomic E-state index is 0.116. The lowest BCUT2D eigenvalue weighted by molar-refractivity contribution is 0.0697. The second kappa shape index (κ2) is 5.20. The number of para-hydroxylation sites is 1. The van der Waals surface area contributed by atoms with Gasteiger partial charge in [0.1, 0.15) is 17.2 Å². The first-order valence-electron chi connectivity index (χ1n) is 6.47. The molecule has 0 radical (unpaired) electrons. The molecule has 0 bridgehead atoms. The van der Waals surface area contributed by atoms with Crippen LogP contribution in [0.3, 0.4) is 0 Å². The number of aryl methyl sites for hydroxylation is 1. The first kappa shape index (κ1) is 13.1. The summed E-state index contributed by atoms with van der Waals surface area (Å²) in [4.78, 5) is 19.8. The first-order chi connectivity index (χ1) is 10.1. The molecule has 0 saturated heterocycles. The third kappa shape index (κ3) is 2.53. The number of carbonyl (C=O) groups is 1. The third-order valence-corrected chi connectivity index (χ3v) is 3.21. The summed E-state index contributed by atoms with van der Waals surface area (Å²) in [6.45, 7) is 1.99. The predicted octanol–water partition coefficient (Wildman–Crippen LogP) is 3.38. The van der Waals surface area contributed by atoms with Crippen molar-refractivity contribution in [2.45, 2.75) is 6.92 Å². The van der Waals surface area contributed by atoms with E-state index in [1.54, 1.807) is 12.3 Å². The molecule has 2 N–H and O–H groups in total. The van der Waals surface area contributed by atoms with Gasteiger partial charge in [-0.25, -0.2) is 14.8 Å². The number of nitrogens with one attached hydrogen (secondary N) is 1. The maximum absolute atomic E-state index is 11.2. The van der Waals surface area contributed by atoms with Gasteiger partial charge in [-0.2, -0.15) is 0 Å². The summed E-state index contributed by atoms with van der Waals surface area (Å²) in [6, 6.07) is 12.8. The number of hydrogen-bond acceptors (Lipinski definition) is 4. The van der Waals surface area contributed by atoms with Gasteiger partial charge in [0, 0.05) is 11.6 Å². The zero-order valence-electron chi connectivity index (χ0n) is 11.4.